The first-order valence-electron chi connectivity index (χ1n) is 11.4. The van der Waals surface area contributed by atoms with Crippen LogP contribution >= 0.6 is 0 Å². The molecule has 0 unspecified atom stereocenters. The molecule has 0 saturated heterocycles. The molecule has 0 spiro atoms. The molecule has 4 aromatic rings. The Kier molecular flexibility index (Phi) is 7.10. The van der Waals surface area contributed by atoms with E-state index in [1.54, 1.807) is 0 Å². The fourth-order valence-corrected chi connectivity index (χ4v) is 3.59. The van der Waals surface area contributed by atoms with Crippen LogP contribution in [0.25, 0.3) is 16.9 Å². The Bertz CT molecular complexity index is 1540. The Morgan fingerprint density at radius 1 is 1.03 bits per heavy atom. The Hall–Kier alpha value is -4.43. The van der Waals surface area contributed by atoms with Crippen LogP contribution in [-0.2, 0) is 13.0 Å². The lowest BCUT2D eigenvalue weighted by atomic mass is 10.1. The third-order valence-corrected chi connectivity index (χ3v) is 5.55. The minimum absolute atomic E-state index is 0.0196. The van der Waals surface area contributed by atoms with Crippen molar-refractivity contribution in [2.24, 2.45) is 13.0 Å². The first-order chi connectivity index (χ1) is 18.2. The molecule has 0 atom stereocenters. The number of rotatable bonds is 7. The molecule has 4 rings (SSSR count). The number of benzene rings is 1. The molecule has 2 N–H and O–H groups in total. The molecule has 206 valence electrons. The first-order valence-corrected chi connectivity index (χ1v) is 11.4. The van der Waals surface area contributed by atoms with Gasteiger partial charge in [-0.3, -0.25) is 14.3 Å². The van der Waals surface area contributed by atoms with E-state index in [1.807, 2.05) is 13.8 Å². The molecule has 9 nitrogen and oxygen atoms in total. The molecule has 15 heteroatoms. The van der Waals surface area contributed by atoms with Gasteiger partial charge in [0.1, 0.15) is 17.2 Å². The Morgan fingerprint density at radius 2 is 1.69 bits per heavy atom. The zero-order valence-electron chi connectivity index (χ0n) is 20.6. The molecule has 2 amide bonds. The van der Waals surface area contributed by atoms with Gasteiger partial charge in [-0.05, 0) is 36.2 Å². The van der Waals surface area contributed by atoms with Gasteiger partial charge in [0.2, 0.25) is 0 Å². The summed E-state index contributed by atoms with van der Waals surface area (Å²) in [5.41, 5.74) is -3.00. The monoisotopic (exact) mass is 553 g/mol. The lowest BCUT2D eigenvalue weighted by molar-refractivity contribution is -0.291. The van der Waals surface area contributed by atoms with Crippen LogP contribution < -0.4 is 10.6 Å². The number of aromatic nitrogens is 5. The van der Waals surface area contributed by atoms with Crippen molar-refractivity contribution in [2.75, 3.05) is 11.9 Å². The summed E-state index contributed by atoms with van der Waals surface area (Å²) >= 11 is 0. The summed E-state index contributed by atoms with van der Waals surface area (Å²) in [6.45, 7) is 4.09. The minimum Gasteiger partial charge on any atom is -0.350 e. The Morgan fingerprint density at radius 3 is 2.31 bits per heavy atom. The molecule has 0 bridgehead atoms. The summed E-state index contributed by atoms with van der Waals surface area (Å²) in [5, 5.41) is 12.6. The van der Waals surface area contributed by atoms with Crippen molar-refractivity contribution in [2.45, 2.75) is 25.9 Å². The number of hydrogen-bond acceptors (Lipinski definition) is 5. The van der Waals surface area contributed by atoms with E-state index in [0.717, 1.165) is 30.3 Å². The summed E-state index contributed by atoms with van der Waals surface area (Å²) < 4.78 is 83.9. The predicted molar refractivity (Wildman–Crippen MR) is 127 cm³/mol. The predicted octanol–water partition coefficient (Wildman–Crippen LogP) is 4.56. The van der Waals surface area contributed by atoms with E-state index < -0.39 is 46.8 Å². The maximum Gasteiger partial charge on any atom is 0.459 e. The highest BCUT2D eigenvalue weighted by atomic mass is 19.4. The fraction of sp³-hybridized carbons (Fsp3) is 0.292. The maximum absolute atomic E-state index is 14.6. The molecule has 39 heavy (non-hydrogen) atoms. The third kappa shape index (κ3) is 5.42. The zero-order chi connectivity index (χ0) is 28.7. The molecule has 0 fully saturated rings. The summed E-state index contributed by atoms with van der Waals surface area (Å²) in [5.74, 6) is -7.47. The second-order valence-corrected chi connectivity index (χ2v) is 8.99. The summed E-state index contributed by atoms with van der Waals surface area (Å²) in [4.78, 5) is 29.6. The topological polar surface area (TPSA) is 106 Å². The summed E-state index contributed by atoms with van der Waals surface area (Å²) in [6, 6.07) is 5.67. The van der Waals surface area contributed by atoms with Crippen LogP contribution in [-0.4, -0.2) is 48.9 Å². The average molecular weight is 553 g/mol. The van der Waals surface area contributed by atoms with E-state index in [0.29, 0.717) is 12.6 Å². The standard InChI is InChI=1S/C24H21F6N7O2/c1-12(2)10-31-22(39)20-17(11-32-36(20)3)34-21(38)16-9-19-33-15(13-4-6-14(25)7-5-13)8-18(37(19)35-16)23(26,27)24(28,29)30/h4-9,11-12H,10H2,1-3H3,(H,31,39)(H,34,38). The number of halogens is 6. The van der Waals surface area contributed by atoms with Crippen molar-refractivity contribution < 1.29 is 35.9 Å². The molecular weight excluding hydrogens is 532 g/mol. The van der Waals surface area contributed by atoms with Crippen molar-refractivity contribution in [1.29, 1.82) is 0 Å². The minimum atomic E-state index is -6.00. The fourth-order valence-electron chi connectivity index (χ4n) is 3.59. The van der Waals surface area contributed by atoms with Gasteiger partial charge in [0, 0.05) is 25.2 Å². The molecule has 3 aromatic heterocycles. The zero-order valence-corrected chi connectivity index (χ0v) is 20.6. The largest absolute Gasteiger partial charge is 0.459 e. The molecule has 0 radical (unpaired) electrons. The second-order valence-electron chi connectivity index (χ2n) is 8.99. The summed E-state index contributed by atoms with van der Waals surface area (Å²) in [6.07, 6.45) is -4.82. The van der Waals surface area contributed by atoms with E-state index in [-0.39, 0.29) is 33.1 Å². The van der Waals surface area contributed by atoms with Crippen molar-refractivity contribution >= 4 is 23.1 Å². The molecular formula is C24H21F6N7O2. The SMILES string of the molecule is CC(C)CNC(=O)c1c(NC(=O)c2cc3nc(-c4ccc(F)cc4)cc(C(F)(F)C(F)(F)F)n3n2)cnn1C. The van der Waals surface area contributed by atoms with Crippen LogP contribution in [0.5, 0.6) is 0 Å². The molecule has 0 aliphatic carbocycles. The molecule has 0 aliphatic rings. The van der Waals surface area contributed by atoms with Crippen molar-refractivity contribution in [3.8, 4) is 11.3 Å². The highest BCUT2D eigenvalue weighted by Crippen LogP contribution is 2.44. The van der Waals surface area contributed by atoms with Crippen molar-refractivity contribution in [3.05, 3.63) is 65.5 Å². The van der Waals surface area contributed by atoms with Crippen LogP contribution in [0.3, 0.4) is 0 Å². The number of fused-ring (bicyclic) bond motifs is 1. The number of anilines is 1. The average Bonchev–Trinajstić information content (AvgIpc) is 3.45. The van der Waals surface area contributed by atoms with Gasteiger partial charge in [0.15, 0.2) is 11.3 Å². The Labute approximate surface area is 216 Å². The van der Waals surface area contributed by atoms with Gasteiger partial charge in [-0.1, -0.05) is 13.8 Å². The number of amides is 2. The van der Waals surface area contributed by atoms with Gasteiger partial charge in [-0.15, -0.1) is 0 Å². The van der Waals surface area contributed by atoms with Crippen LogP contribution in [0.2, 0.25) is 0 Å². The van der Waals surface area contributed by atoms with Crippen LogP contribution in [0.1, 0.15) is 40.5 Å². The van der Waals surface area contributed by atoms with Gasteiger partial charge in [-0.25, -0.2) is 13.9 Å². The molecule has 1 aromatic carbocycles. The second kappa shape index (κ2) is 10.0. The number of aryl methyl sites for hydroxylation is 1. The number of nitrogens with zero attached hydrogens (tertiary/aromatic N) is 5. The maximum atomic E-state index is 14.6. The summed E-state index contributed by atoms with van der Waals surface area (Å²) in [7, 11) is 1.46. The normalized spacial score (nSPS) is 12.3. The molecule has 0 saturated carbocycles. The number of carbonyl (C=O) groups is 2. The van der Waals surface area contributed by atoms with E-state index in [9.17, 15) is 35.9 Å². The Balaban J connectivity index is 1.76. The van der Waals surface area contributed by atoms with Crippen LogP contribution in [0, 0.1) is 11.7 Å². The lowest BCUT2D eigenvalue weighted by Gasteiger charge is -2.21. The van der Waals surface area contributed by atoms with Crippen molar-refractivity contribution in [3.63, 3.8) is 0 Å². The smallest absolute Gasteiger partial charge is 0.350 e. The van der Waals surface area contributed by atoms with E-state index in [1.165, 1.54) is 17.9 Å². The highest BCUT2D eigenvalue weighted by Gasteiger charge is 2.60. The lowest BCUT2D eigenvalue weighted by Crippen LogP contribution is -2.36. The van der Waals surface area contributed by atoms with Gasteiger partial charge >= 0.3 is 12.1 Å². The van der Waals surface area contributed by atoms with E-state index in [4.69, 9.17) is 0 Å². The van der Waals surface area contributed by atoms with Gasteiger partial charge in [0.25, 0.3) is 11.8 Å². The van der Waals surface area contributed by atoms with Crippen molar-refractivity contribution in [1.82, 2.24) is 29.7 Å². The van der Waals surface area contributed by atoms with Gasteiger partial charge in [0.05, 0.1) is 17.6 Å². The first kappa shape index (κ1) is 27.6. The molecule has 0 aliphatic heterocycles. The number of nitrogens with one attached hydrogen (secondary N) is 2. The number of carbonyl (C=O) groups excluding carboxylic acids is 2. The number of hydrogen-bond donors (Lipinski definition) is 2. The third-order valence-electron chi connectivity index (χ3n) is 5.55. The van der Waals surface area contributed by atoms with Crippen LogP contribution in [0.4, 0.5) is 32.0 Å². The van der Waals surface area contributed by atoms with Gasteiger partial charge in [-0.2, -0.15) is 32.1 Å². The van der Waals surface area contributed by atoms with E-state index in [2.05, 4.69) is 25.8 Å². The molecule has 3 heterocycles. The highest BCUT2D eigenvalue weighted by molar-refractivity contribution is 6.07. The quantitative estimate of drug-likeness (QED) is 0.327. The van der Waals surface area contributed by atoms with Crippen LogP contribution in [0.15, 0.2) is 42.6 Å². The number of alkyl halides is 5. The van der Waals surface area contributed by atoms with Gasteiger partial charge < -0.3 is 10.6 Å². The van der Waals surface area contributed by atoms with E-state index >= 15 is 0 Å².